The number of carbonyl (C=O) groups is 2. The lowest BCUT2D eigenvalue weighted by Gasteiger charge is -2.32. The molecule has 1 amide bonds. The van der Waals surface area contributed by atoms with E-state index in [-0.39, 0.29) is 12.3 Å². The number of halogens is 1. The molecule has 0 atom stereocenters. The molecule has 1 fully saturated rings. The first kappa shape index (κ1) is 17.5. The SMILES string of the molecule is O=C(NCC1(C(=O)O)CCOCC1)c1ccc(-c2ccccc2Cl)o1. The Morgan fingerprint density at radius 2 is 1.88 bits per heavy atom. The second-order valence-electron chi connectivity index (χ2n) is 6.02. The number of hydrogen-bond donors (Lipinski definition) is 2. The van der Waals surface area contributed by atoms with Crippen molar-refractivity contribution in [2.24, 2.45) is 5.41 Å². The maximum atomic E-state index is 12.3. The molecule has 2 heterocycles. The largest absolute Gasteiger partial charge is 0.481 e. The molecule has 2 N–H and O–H groups in total. The van der Waals surface area contributed by atoms with Gasteiger partial charge in [-0.1, -0.05) is 23.7 Å². The summed E-state index contributed by atoms with van der Waals surface area (Å²) < 4.78 is 10.8. The fraction of sp³-hybridized carbons (Fsp3) is 0.333. The van der Waals surface area contributed by atoms with Crippen LogP contribution in [0.15, 0.2) is 40.8 Å². The highest BCUT2D eigenvalue weighted by Crippen LogP contribution is 2.31. The van der Waals surface area contributed by atoms with Gasteiger partial charge in [0.05, 0.1) is 10.4 Å². The molecule has 0 aliphatic carbocycles. The molecule has 2 aromatic rings. The smallest absolute Gasteiger partial charge is 0.311 e. The van der Waals surface area contributed by atoms with Crippen LogP contribution in [0.4, 0.5) is 0 Å². The van der Waals surface area contributed by atoms with Crippen molar-refractivity contribution in [3.8, 4) is 11.3 Å². The first-order valence-electron chi connectivity index (χ1n) is 7.96. The molecule has 1 saturated heterocycles. The Labute approximate surface area is 149 Å². The van der Waals surface area contributed by atoms with Crippen LogP contribution < -0.4 is 5.32 Å². The number of rotatable bonds is 5. The molecule has 7 heteroatoms. The van der Waals surface area contributed by atoms with Gasteiger partial charge in [0.15, 0.2) is 5.76 Å². The highest BCUT2D eigenvalue weighted by molar-refractivity contribution is 6.33. The van der Waals surface area contributed by atoms with Gasteiger partial charge < -0.3 is 19.6 Å². The van der Waals surface area contributed by atoms with E-state index >= 15 is 0 Å². The first-order valence-corrected chi connectivity index (χ1v) is 8.34. The summed E-state index contributed by atoms with van der Waals surface area (Å²) in [5, 5.41) is 12.7. The third-order valence-electron chi connectivity index (χ3n) is 4.46. The Kier molecular flexibility index (Phi) is 5.11. The first-order chi connectivity index (χ1) is 12.0. The van der Waals surface area contributed by atoms with E-state index in [1.54, 1.807) is 24.3 Å². The predicted octanol–water partition coefficient (Wildman–Crippen LogP) is 3.21. The monoisotopic (exact) mass is 363 g/mol. The number of benzene rings is 1. The highest BCUT2D eigenvalue weighted by atomic mass is 35.5. The molecule has 1 aromatic heterocycles. The fourth-order valence-corrected chi connectivity index (χ4v) is 3.06. The summed E-state index contributed by atoms with van der Waals surface area (Å²) >= 11 is 6.13. The van der Waals surface area contributed by atoms with Crippen LogP contribution in [-0.4, -0.2) is 36.7 Å². The molecule has 1 aliphatic heterocycles. The molecule has 0 bridgehead atoms. The van der Waals surface area contributed by atoms with Crippen molar-refractivity contribution in [1.82, 2.24) is 5.32 Å². The Hall–Kier alpha value is -2.31. The lowest BCUT2D eigenvalue weighted by molar-refractivity contribution is -0.154. The van der Waals surface area contributed by atoms with Crippen molar-refractivity contribution in [2.75, 3.05) is 19.8 Å². The molecular weight excluding hydrogens is 346 g/mol. The molecule has 1 aliphatic rings. The quantitative estimate of drug-likeness (QED) is 0.851. The summed E-state index contributed by atoms with van der Waals surface area (Å²) in [5.41, 5.74) is -0.304. The number of carbonyl (C=O) groups excluding carboxylic acids is 1. The van der Waals surface area contributed by atoms with Gasteiger partial charge in [0.1, 0.15) is 5.76 Å². The van der Waals surface area contributed by atoms with Crippen molar-refractivity contribution in [3.05, 3.63) is 47.2 Å². The number of furan rings is 1. The van der Waals surface area contributed by atoms with Gasteiger partial charge in [-0.25, -0.2) is 0 Å². The second-order valence-corrected chi connectivity index (χ2v) is 6.43. The Balaban J connectivity index is 1.70. The average Bonchev–Trinajstić information content (AvgIpc) is 3.10. The molecule has 6 nitrogen and oxygen atoms in total. The summed E-state index contributed by atoms with van der Waals surface area (Å²) in [6.45, 7) is 0.784. The number of carboxylic acids is 1. The summed E-state index contributed by atoms with van der Waals surface area (Å²) in [5.74, 6) is -0.782. The van der Waals surface area contributed by atoms with Crippen LogP contribution in [-0.2, 0) is 9.53 Å². The zero-order chi connectivity index (χ0) is 17.9. The second kappa shape index (κ2) is 7.29. The lowest BCUT2D eigenvalue weighted by atomic mass is 9.80. The van der Waals surface area contributed by atoms with E-state index in [4.69, 9.17) is 20.8 Å². The fourth-order valence-electron chi connectivity index (χ4n) is 2.83. The molecule has 1 aromatic carbocycles. The van der Waals surface area contributed by atoms with Gasteiger partial charge in [-0.2, -0.15) is 0 Å². The minimum Gasteiger partial charge on any atom is -0.481 e. The molecule has 25 heavy (non-hydrogen) atoms. The van der Waals surface area contributed by atoms with Gasteiger partial charge in [0.25, 0.3) is 5.91 Å². The van der Waals surface area contributed by atoms with Crippen molar-refractivity contribution in [2.45, 2.75) is 12.8 Å². The molecule has 0 spiro atoms. The van der Waals surface area contributed by atoms with Crippen LogP contribution in [0.25, 0.3) is 11.3 Å². The lowest BCUT2D eigenvalue weighted by Crippen LogP contribution is -2.46. The molecule has 0 unspecified atom stereocenters. The van der Waals surface area contributed by atoms with E-state index in [0.717, 1.165) is 0 Å². The van der Waals surface area contributed by atoms with E-state index in [0.29, 0.717) is 42.4 Å². The average molecular weight is 364 g/mol. The summed E-state index contributed by atoms with van der Waals surface area (Å²) in [7, 11) is 0. The Bertz CT molecular complexity index is 779. The van der Waals surface area contributed by atoms with E-state index in [1.807, 2.05) is 12.1 Å². The summed E-state index contributed by atoms with van der Waals surface area (Å²) in [6, 6.07) is 10.4. The number of nitrogens with one attached hydrogen (secondary N) is 1. The van der Waals surface area contributed by atoms with Crippen LogP contribution in [0.5, 0.6) is 0 Å². The van der Waals surface area contributed by atoms with E-state index < -0.39 is 17.3 Å². The molecule has 0 saturated carbocycles. The van der Waals surface area contributed by atoms with Crippen LogP contribution in [0, 0.1) is 5.41 Å². The van der Waals surface area contributed by atoms with E-state index in [2.05, 4.69) is 5.32 Å². The van der Waals surface area contributed by atoms with Crippen molar-refractivity contribution in [3.63, 3.8) is 0 Å². The molecule has 132 valence electrons. The van der Waals surface area contributed by atoms with Crippen LogP contribution in [0.3, 0.4) is 0 Å². The number of amides is 1. The molecule has 3 rings (SSSR count). The standard InChI is InChI=1S/C18H18ClNO5/c19-13-4-2-1-3-12(13)14-5-6-15(25-14)16(21)20-11-18(17(22)23)7-9-24-10-8-18/h1-6H,7-11H2,(H,20,21)(H,22,23). The predicted molar refractivity (Wildman–Crippen MR) is 91.6 cm³/mol. The van der Waals surface area contributed by atoms with Crippen molar-refractivity contribution < 1.29 is 23.8 Å². The number of aliphatic carboxylic acids is 1. The number of ether oxygens (including phenoxy) is 1. The van der Waals surface area contributed by atoms with Crippen LogP contribution in [0.1, 0.15) is 23.4 Å². The van der Waals surface area contributed by atoms with Crippen LogP contribution >= 0.6 is 11.6 Å². The van der Waals surface area contributed by atoms with Gasteiger partial charge in [-0.05, 0) is 37.1 Å². The normalized spacial score (nSPS) is 16.4. The molecule has 0 radical (unpaired) electrons. The minimum atomic E-state index is -0.994. The van der Waals surface area contributed by atoms with Gasteiger partial charge in [0, 0.05) is 25.3 Å². The van der Waals surface area contributed by atoms with E-state index in [9.17, 15) is 14.7 Å². The van der Waals surface area contributed by atoms with Crippen molar-refractivity contribution >= 4 is 23.5 Å². The molecular formula is C18H18ClNO5. The van der Waals surface area contributed by atoms with Gasteiger partial charge >= 0.3 is 5.97 Å². The maximum absolute atomic E-state index is 12.3. The van der Waals surface area contributed by atoms with Crippen molar-refractivity contribution in [1.29, 1.82) is 0 Å². The summed E-state index contributed by atoms with van der Waals surface area (Å²) in [4.78, 5) is 23.9. The van der Waals surface area contributed by atoms with Gasteiger partial charge in [-0.3, -0.25) is 9.59 Å². The maximum Gasteiger partial charge on any atom is 0.311 e. The third-order valence-corrected chi connectivity index (χ3v) is 4.79. The summed E-state index contributed by atoms with van der Waals surface area (Å²) in [6.07, 6.45) is 0.733. The highest BCUT2D eigenvalue weighted by Gasteiger charge is 2.40. The topological polar surface area (TPSA) is 88.8 Å². The number of hydrogen-bond acceptors (Lipinski definition) is 4. The minimum absolute atomic E-state index is 0.0344. The van der Waals surface area contributed by atoms with Crippen LogP contribution in [0.2, 0.25) is 5.02 Å². The van der Waals surface area contributed by atoms with Gasteiger partial charge in [-0.15, -0.1) is 0 Å². The zero-order valence-electron chi connectivity index (χ0n) is 13.5. The number of carboxylic acid groups (broad SMARTS) is 1. The zero-order valence-corrected chi connectivity index (χ0v) is 14.2. The van der Waals surface area contributed by atoms with Gasteiger partial charge in [0.2, 0.25) is 0 Å². The Morgan fingerprint density at radius 3 is 2.56 bits per heavy atom. The van der Waals surface area contributed by atoms with E-state index in [1.165, 1.54) is 0 Å². The Morgan fingerprint density at radius 1 is 1.16 bits per heavy atom. The third kappa shape index (κ3) is 3.70.